The number of carbonyl (C=O) groups excluding carboxylic acids is 1. The summed E-state index contributed by atoms with van der Waals surface area (Å²) < 4.78 is 1.91. The topological polar surface area (TPSA) is 100 Å². The van der Waals surface area contributed by atoms with Crippen LogP contribution in [0.1, 0.15) is 44.7 Å². The maximum Gasteiger partial charge on any atom is 0.224 e. The second kappa shape index (κ2) is 8.66. The van der Waals surface area contributed by atoms with E-state index in [1.165, 1.54) is 18.5 Å². The van der Waals surface area contributed by atoms with Crippen molar-refractivity contribution in [2.45, 2.75) is 48.9 Å². The van der Waals surface area contributed by atoms with Gasteiger partial charge in [0.05, 0.1) is 0 Å². The van der Waals surface area contributed by atoms with Crippen LogP contribution < -0.4 is 10.6 Å². The van der Waals surface area contributed by atoms with Crippen LogP contribution in [0.2, 0.25) is 0 Å². The molecule has 9 heteroatoms. The minimum atomic E-state index is 0.0331. The van der Waals surface area contributed by atoms with E-state index < -0.39 is 0 Å². The van der Waals surface area contributed by atoms with Crippen molar-refractivity contribution in [1.82, 2.24) is 24.6 Å². The molecule has 0 atom stereocenters. The summed E-state index contributed by atoms with van der Waals surface area (Å²) in [5.74, 6) is 2.38. The van der Waals surface area contributed by atoms with Gasteiger partial charge >= 0.3 is 0 Å². The zero-order chi connectivity index (χ0) is 22.1. The summed E-state index contributed by atoms with van der Waals surface area (Å²) >= 11 is 1.54. The smallest absolute Gasteiger partial charge is 0.224 e. The summed E-state index contributed by atoms with van der Waals surface area (Å²) in [6.07, 6.45) is 6.59. The van der Waals surface area contributed by atoms with Gasteiger partial charge in [0, 0.05) is 53.1 Å². The fraction of sp³-hybridized carbons (Fsp3) is 0.304. The number of hydrogen-bond acceptors (Lipinski definition) is 6. The summed E-state index contributed by atoms with van der Waals surface area (Å²) in [5, 5.41) is 14.6. The molecule has 0 spiro atoms. The van der Waals surface area contributed by atoms with Crippen molar-refractivity contribution in [3.8, 4) is 0 Å². The molecule has 8 nitrogen and oxygen atoms in total. The molecule has 0 bridgehead atoms. The van der Waals surface area contributed by atoms with Crippen molar-refractivity contribution >= 4 is 40.8 Å². The minimum absolute atomic E-state index is 0.0331. The third-order valence-corrected chi connectivity index (χ3v) is 6.10. The van der Waals surface area contributed by atoms with Gasteiger partial charge in [0.1, 0.15) is 10.7 Å². The van der Waals surface area contributed by atoms with Gasteiger partial charge in [0.2, 0.25) is 11.9 Å². The predicted molar refractivity (Wildman–Crippen MR) is 125 cm³/mol. The van der Waals surface area contributed by atoms with E-state index in [1.807, 2.05) is 60.8 Å². The molecular formula is C23H25N7OS. The standard InChI is InChI=1S/C23H25N7OS/c1-14(2)11-21(31)25-16-5-7-17(8-6-16)32-22-13-20-24-9-10-30(20)23(27-22)26-19-12-18(28-29-19)15-3-4-15/h5-10,12-15H,3-4,11H2,1-2H3,(H,25,31)(H2,26,27,28,29). The number of aromatic nitrogens is 5. The number of rotatable bonds is 8. The minimum Gasteiger partial charge on any atom is -0.326 e. The van der Waals surface area contributed by atoms with Crippen LogP contribution in [0.15, 0.2) is 58.7 Å². The lowest BCUT2D eigenvalue weighted by molar-refractivity contribution is -0.116. The van der Waals surface area contributed by atoms with E-state index in [9.17, 15) is 4.79 Å². The summed E-state index contributed by atoms with van der Waals surface area (Å²) in [5.41, 5.74) is 2.77. The highest BCUT2D eigenvalue weighted by Gasteiger charge is 2.25. The van der Waals surface area contributed by atoms with E-state index in [0.29, 0.717) is 24.2 Å². The average Bonchev–Trinajstić information content (AvgIpc) is 3.30. The molecule has 1 aliphatic rings. The third-order valence-electron chi connectivity index (χ3n) is 5.18. The Labute approximate surface area is 190 Å². The van der Waals surface area contributed by atoms with Crippen molar-refractivity contribution in [3.05, 3.63) is 54.5 Å². The molecule has 1 aliphatic carbocycles. The maximum absolute atomic E-state index is 12.0. The van der Waals surface area contributed by atoms with Crippen LogP contribution in [0.4, 0.5) is 17.5 Å². The van der Waals surface area contributed by atoms with Gasteiger partial charge in [-0.1, -0.05) is 25.6 Å². The van der Waals surface area contributed by atoms with Gasteiger partial charge in [0.25, 0.3) is 0 Å². The van der Waals surface area contributed by atoms with Crippen LogP contribution in [-0.2, 0) is 4.79 Å². The number of imidazole rings is 1. The maximum atomic E-state index is 12.0. The molecule has 0 saturated heterocycles. The second-order valence-electron chi connectivity index (χ2n) is 8.45. The van der Waals surface area contributed by atoms with Crippen LogP contribution in [-0.4, -0.2) is 30.5 Å². The number of H-pyrrole nitrogens is 1. The van der Waals surface area contributed by atoms with Crippen molar-refractivity contribution in [2.24, 2.45) is 5.92 Å². The average molecular weight is 448 g/mol. The van der Waals surface area contributed by atoms with Gasteiger partial charge < -0.3 is 10.6 Å². The molecule has 1 amide bonds. The van der Waals surface area contributed by atoms with Crippen LogP contribution in [0.3, 0.4) is 0 Å². The Morgan fingerprint density at radius 3 is 2.81 bits per heavy atom. The van der Waals surface area contributed by atoms with E-state index >= 15 is 0 Å². The quantitative estimate of drug-likeness (QED) is 0.321. The lowest BCUT2D eigenvalue weighted by Gasteiger charge is -2.10. The van der Waals surface area contributed by atoms with Crippen LogP contribution in [0.25, 0.3) is 5.65 Å². The number of carbonyl (C=O) groups is 1. The van der Waals surface area contributed by atoms with Gasteiger partial charge in [-0.15, -0.1) is 0 Å². The molecule has 1 saturated carbocycles. The summed E-state index contributed by atoms with van der Waals surface area (Å²) in [6.45, 7) is 4.06. The van der Waals surface area contributed by atoms with Gasteiger partial charge in [0.15, 0.2) is 5.82 Å². The lowest BCUT2D eigenvalue weighted by Crippen LogP contribution is -2.13. The number of aromatic amines is 1. The second-order valence-corrected chi connectivity index (χ2v) is 9.55. The summed E-state index contributed by atoms with van der Waals surface area (Å²) in [7, 11) is 0. The fourth-order valence-corrected chi connectivity index (χ4v) is 4.28. The third kappa shape index (κ3) is 4.77. The number of fused-ring (bicyclic) bond motifs is 1. The van der Waals surface area contributed by atoms with E-state index in [4.69, 9.17) is 4.98 Å². The molecular weight excluding hydrogens is 422 g/mol. The van der Waals surface area contributed by atoms with Gasteiger partial charge in [-0.25, -0.2) is 9.97 Å². The molecule has 0 unspecified atom stereocenters. The number of anilines is 3. The monoisotopic (exact) mass is 447 g/mol. The van der Waals surface area contributed by atoms with Crippen molar-refractivity contribution in [1.29, 1.82) is 0 Å². The first-order valence-corrected chi connectivity index (χ1v) is 11.6. The molecule has 32 heavy (non-hydrogen) atoms. The van der Waals surface area contributed by atoms with E-state index in [-0.39, 0.29) is 5.91 Å². The van der Waals surface area contributed by atoms with E-state index in [0.717, 1.165) is 27.1 Å². The molecule has 5 rings (SSSR count). The fourth-order valence-electron chi connectivity index (χ4n) is 3.47. The van der Waals surface area contributed by atoms with Gasteiger partial charge in [-0.2, -0.15) is 5.10 Å². The van der Waals surface area contributed by atoms with E-state index in [2.05, 4.69) is 25.8 Å². The number of benzene rings is 1. The highest BCUT2D eigenvalue weighted by molar-refractivity contribution is 7.99. The Balaban J connectivity index is 1.32. The van der Waals surface area contributed by atoms with Crippen LogP contribution >= 0.6 is 11.8 Å². The summed E-state index contributed by atoms with van der Waals surface area (Å²) in [4.78, 5) is 22.2. The Morgan fingerprint density at radius 1 is 1.25 bits per heavy atom. The number of nitrogens with zero attached hydrogens (tertiary/aromatic N) is 4. The Kier molecular flexibility index (Phi) is 5.57. The molecule has 3 heterocycles. The molecule has 1 aromatic carbocycles. The normalized spacial score (nSPS) is 13.6. The molecule has 1 fully saturated rings. The largest absolute Gasteiger partial charge is 0.326 e. The first-order valence-electron chi connectivity index (χ1n) is 10.8. The van der Waals surface area contributed by atoms with Crippen LogP contribution in [0, 0.1) is 5.92 Å². The van der Waals surface area contributed by atoms with Gasteiger partial charge in [-0.05, 0) is 43.0 Å². The SMILES string of the molecule is CC(C)CC(=O)Nc1ccc(Sc2cc3nccn3c(Nc3cc(C4CC4)[nH]n3)n2)cc1. The molecule has 0 aliphatic heterocycles. The highest BCUT2D eigenvalue weighted by atomic mass is 32.2. The Hall–Kier alpha value is -3.33. The number of hydrogen-bond donors (Lipinski definition) is 3. The number of nitrogens with one attached hydrogen (secondary N) is 3. The molecule has 4 aromatic rings. The first kappa shape index (κ1) is 20.6. The van der Waals surface area contributed by atoms with E-state index in [1.54, 1.807) is 18.0 Å². The molecule has 164 valence electrons. The van der Waals surface area contributed by atoms with Gasteiger partial charge in [-0.3, -0.25) is 14.3 Å². The molecule has 0 radical (unpaired) electrons. The Bertz CT molecular complexity index is 1240. The predicted octanol–water partition coefficient (Wildman–Crippen LogP) is 5.21. The first-order chi connectivity index (χ1) is 15.5. The number of amides is 1. The summed E-state index contributed by atoms with van der Waals surface area (Å²) in [6, 6.07) is 11.8. The van der Waals surface area contributed by atoms with Crippen LogP contribution in [0.5, 0.6) is 0 Å². The highest BCUT2D eigenvalue weighted by Crippen LogP contribution is 2.39. The molecule has 3 aromatic heterocycles. The lowest BCUT2D eigenvalue weighted by atomic mass is 10.1. The molecule has 3 N–H and O–H groups in total. The Morgan fingerprint density at radius 2 is 2.06 bits per heavy atom. The van der Waals surface area contributed by atoms with Crippen molar-refractivity contribution < 1.29 is 4.79 Å². The zero-order valence-electron chi connectivity index (χ0n) is 18.0. The van der Waals surface area contributed by atoms with Crippen molar-refractivity contribution in [2.75, 3.05) is 10.6 Å². The zero-order valence-corrected chi connectivity index (χ0v) is 18.8. The van der Waals surface area contributed by atoms with Crippen molar-refractivity contribution in [3.63, 3.8) is 0 Å².